The number of hydrogen-bond donors (Lipinski definition) is 2. The lowest BCUT2D eigenvalue weighted by molar-refractivity contribution is -0.180. The molecule has 3 aliphatic carbocycles. The van der Waals surface area contributed by atoms with Gasteiger partial charge in [0.05, 0.1) is 11.7 Å². The molecule has 3 unspecified atom stereocenters. The monoisotopic (exact) mass is 444 g/mol. The van der Waals surface area contributed by atoms with Gasteiger partial charge in [0.15, 0.2) is 0 Å². The Morgan fingerprint density at radius 3 is 2.19 bits per heavy atom. The molecule has 0 heterocycles. The molecule has 0 aromatic heterocycles. The number of aliphatic hydroxyl groups is 2. The van der Waals surface area contributed by atoms with Crippen molar-refractivity contribution in [1.29, 1.82) is 0 Å². The molecule has 0 spiro atoms. The largest absolute Gasteiger partial charge is 0.393 e. The summed E-state index contributed by atoms with van der Waals surface area (Å²) in [6.45, 7) is 18.3. The Labute approximate surface area is 199 Å². The van der Waals surface area contributed by atoms with Crippen LogP contribution in [0, 0.1) is 34.0 Å². The lowest BCUT2D eigenvalue weighted by atomic mass is 9.42. The van der Waals surface area contributed by atoms with Crippen LogP contribution in [0.1, 0.15) is 120 Å². The molecule has 0 bridgehead atoms. The van der Waals surface area contributed by atoms with E-state index in [9.17, 15) is 10.2 Å². The van der Waals surface area contributed by atoms with Gasteiger partial charge in [0, 0.05) is 0 Å². The van der Waals surface area contributed by atoms with Crippen LogP contribution in [0.4, 0.5) is 0 Å². The number of fused-ring (bicyclic) bond motifs is 3. The van der Waals surface area contributed by atoms with E-state index in [1.807, 2.05) is 0 Å². The minimum atomic E-state index is -0.604. The first-order valence-corrected chi connectivity index (χ1v) is 13.4. The molecule has 3 fully saturated rings. The highest BCUT2D eigenvalue weighted by atomic mass is 16.3. The third-order valence-corrected chi connectivity index (χ3v) is 10.6. The van der Waals surface area contributed by atoms with E-state index in [0.717, 1.165) is 44.9 Å². The topological polar surface area (TPSA) is 40.5 Å². The van der Waals surface area contributed by atoms with Crippen molar-refractivity contribution in [2.45, 2.75) is 131 Å². The van der Waals surface area contributed by atoms with Crippen LogP contribution in [0.25, 0.3) is 0 Å². The molecule has 3 saturated carbocycles. The van der Waals surface area contributed by atoms with E-state index in [2.05, 4.69) is 67.5 Å². The van der Waals surface area contributed by atoms with Crippen molar-refractivity contribution < 1.29 is 10.2 Å². The Hall–Kier alpha value is -0.600. The zero-order valence-electron chi connectivity index (χ0n) is 22.4. The molecule has 3 aliphatic rings. The fourth-order valence-corrected chi connectivity index (χ4v) is 8.81. The minimum absolute atomic E-state index is 0.00274. The molecule has 2 N–H and O–H groups in total. The van der Waals surface area contributed by atoms with E-state index >= 15 is 0 Å². The second kappa shape index (κ2) is 9.21. The summed E-state index contributed by atoms with van der Waals surface area (Å²) in [5, 5.41) is 22.5. The highest BCUT2D eigenvalue weighted by Gasteiger charge is 2.65. The second-order valence-corrected chi connectivity index (χ2v) is 13.4. The standard InChI is InChI=1S/C30H52O2/c1-21(2)11-9-12-22(3)13-10-18-30(8,32)25-15-14-24-28(6)20-17-26(31)27(4,5)23(28)16-19-29(24,25)7/h11,13,23-26,31-32H,9-10,12,14-20H2,1-8H3/b22-13+/t23?,24?,25-,26-,28-,29+,30?/m0/s1. The van der Waals surface area contributed by atoms with Crippen LogP contribution in [-0.2, 0) is 0 Å². The van der Waals surface area contributed by atoms with Gasteiger partial charge in [0.1, 0.15) is 0 Å². The van der Waals surface area contributed by atoms with Gasteiger partial charge in [0.2, 0.25) is 0 Å². The normalized spacial score (nSPS) is 40.9. The summed E-state index contributed by atoms with van der Waals surface area (Å²) >= 11 is 0. The predicted molar refractivity (Wildman–Crippen MR) is 136 cm³/mol. The summed E-state index contributed by atoms with van der Waals surface area (Å²) in [6, 6.07) is 0. The molecule has 184 valence electrons. The van der Waals surface area contributed by atoms with Gasteiger partial charge < -0.3 is 10.2 Å². The van der Waals surface area contributed by atoms with Crippen molar-refractivity contribution in [2.24, 2.45) is 34.0 Å². The first-order valence-electron chi connectivity index (χ1n) is 13.4. The molecule has 32 heavy (non-hydrogen) atoms. The Morgan fingerprint density at radius 1 is 0.875 bits per heavy atom. The molecule has 0 radical (unpaired) electrons. The number of rotatable bonds is 7. The highest BCUT2D eigenvalue weighted by molar-refractivity contribution is 5.15. The van der Waals surface area contributed by atoms with Crippen molar-refractivity contribution in [1.82, 2.24) is 0 Å². The number of hydrogen-bond acceptors (Lipinski definition) is 2. The Bertz CT molecular complexity index is 725. The fraction of sp³-hybridized carbons (Fsp3) is 0.867. The summed E-state index contributed by atoms with van der Waals surface area (Å²) in [5.41, 5.74) is 2.75. The van der Waals surface area contributed by atoms with Gasteiger partial charge in [-0.25, -0.2) is 0 Å². The second-order valence-electron chi connectivity index (χ2n) is 13.4. The van der Waals surface area contributed by atoms with Crippen molar-refractivity contribution >= 4 is 0 Å². The summed E-state index contributed by atoms with van der Waals surface area (Å²) in [5.74, 6) is 1.64. The maximum Gasteiger partial charge on any atom is 0.0656 e. The number of aliphatic hydroxyl groups excluding tert-OH is 1. The van der Waals surface area contributed by atoms with Crippen LogP contribution in [-0.4, -0.2) is 21.9 Å². The summed E-state index contributed by atoms with van der Waals surface area (Å²) in [7, 11) is 0. The van der Waals surface area contributed by atoms with Crippen molar-refractivity contribution in [2.75, 3.05) is 0 Å². The highest BCUT2D eigenvalue weighted by Crippen LogP contribution is 2.71. The summed E-state index contributed by atoms with van der Waals surface area (Å²) < 4.78 is 0. The Kier molecular flexibility index (Phi) is 7.49. The maximum absolute atomic E-state index is 11.7. The minimum Gasteiger partial charge on any atom is -0.393 e. The van der Waals surface area contributed by atoms with Crippen LogP contribution in [0.5, 0.6) is 0 Å². The van der Waals surface area contributed by atoms with E-state index in [0.29, 0.717) is 23.2 Å². The average Bonchev–Trinajstić information content (AvgIpc) is 3.04. The summed E-state index contributed by atoms with van der Waals surface area (Å²) in [6.07, 6.45) is 15.5. The van der Waals surface area contributed by atoms with Gasteiger partial charge >= 0.3 is 0 Å². The third kappa shape index (κ3) is 4.65. The van der Waals surface area contributed by atoms with Crippen molar-refractivity contribution in [3.63, 3.8) is 0 Å². The van der Waals surface area contributed by atoms with Gasteiger partial charge in [-0.1, -0.05) is 51.0 Å². The zero-order chi connectivity index (χ0) is 23.9. The van der Waals surface area contributed by atoms with Gasteiger partial charge in [-0.3, -0.25) is 0 Å². The van der Waals surface area contributed by atoms with E-state index in [1.165, 1.54) is 30.4 Å². The molecule has 0 aromatic carbocycles. The quantitative estimate of drug-likeness (QED) is 0.393. The average molecular weight is 445 g/mol. The first kappa shape index (κ1) is 26.0. The van der Waals surface area contributed by atoms with Crippen molar-refractivity contribution in [3.8, 4) is 0 Å². The van der Waals surface area contributed by atoms with Gasteiger partial charge in [-0.05, 0) is 126 Å². The molecule has 2 nitrogen and oxygen atoms in total. The van der Waals surface area contributed by atoms with Crippen molar-refractivity contribution in [3.05, 3.63) is 23.3 Å². The Balaban J connectivity index is 1.69. The lowest BCUT2D eigenvalue weighted by Crippen LogP contribution is -2.59. The van der Waals surface area contributed by atoms with Crippen LogP contribution in [0.3, 0.4) is 0 Å². The zero-order valence-corrected chi connectivity index (χ0v) is 22.4. The van der Waals surface area contributed by atoms with Crippen LogP contribution in [0.2, 0.25) is 0 Å². The molecule has 0 amide bonds. The Morgan fingerprint density at radius 2 is 1.53 bits per heavy atom. The molecular formula is C30H52O2. The molecule has 3 rings (SSSR count). The first-order chi connectivity index (χ1) is 14.7. The molecule has 2 heteroatoms. The smallest absolute Gasteiger partial charge is 0.0656 e. The molecule has 0 aromatic rings. The molecular weight excluding hydrogens is 392 g/mol. The van der Waals surface area contributed by atoms with E-state index in [4.69, 9.17) is 0 Å². The number of allylic oxidation sites excluding steroid dienone is 4. The molecule has 7 atom stereocenters. The van der Waals surface area contributed by atoms with E-state index in [-0.39, 0.29) is 16.9 Å². The lowest BCUT2D eigenvalue weighted by Gasteiger charge is -2.63. The predicted octanol–water partition coefficient (Wildman–Crippen LogP) is 7.84. The van der Waals surface area contributed by atoms with Gasteiger partial charge in [-0.15, -0.1) is 0 Å². The molecule has 0 aliphatic heterocycles. The fourth-order valence-electron chi connectivity index (χ4n) is 8.81. The van der Waals surface area contributed by atoms with Crippen LogP contribution in [0.15, 0.2) is 23.3 Å². The van der Waals surface area contributed by atoms with Gasteiger partial charge in [0.25, 0.3) is 0 Å². The molecule has 0 saturated heterocycles. The van der Waals surface area contributed by atoms with E-state index in [1.54, 1.807) is 0 Å². The maximum atomic E-state index is 11.7. The van der Waals surface area contributed by atoms with Crippen LogP contribution < -0.4 is 0 Å². The van der Waals surface area contributed by atoms with Gasteiger partial charge in [-0.2, -0.15) is 0 Å². The van der Waals surface area contributed by atoms with E-state index < -0.39 is 5.60 Å². The SMILES string of the molecule is CC(C)=CCC/C(C)=C/CCC(C)(O)[C@H]1CCC2[C@@]3(C)CC[C@H](O)C(C)(C)C3CC[C@]21C. The van der Waals surface area contributed by atoms with Crippen LogP contribution >= 0.6 is 0 Å². The summed E-state index contributed by atoms with van der Waals surface area (Å²) in [4.78, 5) is 0. The third-order valence-electron chi connectivity index (χ3n) is 10.6.